The van der Waals surface area contributed by atoms with Crippen LogP contribution in [0.4, 0.5) is 0 Å². The molecule has 2 bridgehead atoms. The van der Waals surface area contributed by atoms with Gasteiger partial charge in [0.1, 0.15) is 0 Å². The first-order valence-corrected chi connectivity index (χ1v) is 10.3. The Hall–Kier alpha value is -2.47. The lowest BCUT2D eigenvalue weighted by molar-refractivity contribution is 0.0680. The van der Waals surface area contributed by atoms with Gasteiger partial charge in [0, 0.05) is 24.2 Å². The molecule has 1 unspecified atom stereocenters. The lowest BCUT2D eigenvalue weighted by Gasteiger charge is -2.44. The standard InChI is InChI=1S/C22H25N3O3/c26-21-20(22(27)28)23-18-8-4-5-9-19(18)25(21)17-12-15-10-11-16(13-17)24(15)14-6-2-1-3-7-14/h2,4-6,8-9,14-17H,1,3,7,10-13H2,(H,27,28)/t14?,15-,16+,17+. The van der Waals surface area contributed by atoms with Gasteiger partial charge < -0.3 is 9.67 Å². The predicted molar refractivity (Wildman–Crippen MR) is 107 cm³/mol. The first kappa shape index (κ1) is 17.6. The molecular formula is C22H25N3O3. The highest BCUT2D eigenvalue weighted by atomic mass is 16.4. The lowest BCUT2D eigenvalue weighted by Crippen LogP contribution is -2.50. The van der Waals surface area contributed by atoms with Crippen LogP contribution in [-0.2, 0) is 0 Å². The van der Waals surface area contributed by atoms with Crippen molar-refractivity contribution >= 4 is 17.0 Å². The van der Waals surface area contributed by atoms with Gasteiger partial charge in [-0.1, -0.05) is 24.3 Å². The molecule has 146 valence electrons. The number of hydrogen-bond donors (Lipinski definition) is 1. The first-order valence-electron chi connectivity index (χ1n) is 10.3. The molecule has 5 rings (SSSR count). The summed E-state index contributed by atoms with van der Waals surface area (Å²) in [6.07, 6.45) is 12.4. The lowest BCUT2D eigenvalue weighted by atomic mass is 9.91. The highest BCUT2D eigenvalue weighted by molar-refractivity contribution is 5.88. The van der Waals surface area contributed by atoms with Crippen LogP contribution in [0.2, 0.25) is 0 Å². The van der Waals surface area contributed by atoms with E-state index in [4.69, 9.17) is 0 Å². The van der Waals surface area contributed by atoms with Crippen molar-refractivity contribution in [3.8, 4) is 0 Å². The van der Waals surface area contributed by atoms with Crippen LogP contribution in [-0.4, -0.2) is 43.7 Å². The molecule has 0 amide bonds. The van der Waals surface area contributed by atoms with Crippen LogP contribution in [0.5, 0.6) is 0 Å². The average molecular weight is 379 g/mol. The van der Waals surface area contributed by atoms with Gasteiger partial charge in [0.15, 0.2) is 0 Å². The number of fused-ring (bicyclic) bond motifs is 3. The summed E-state index contributed by atoms with van der Waals surface area (Å²) in [5.41, 5.74) is 0.475. The summed E-state index contributed by atoms with van der Waals surface area (Å²) >= 11 is 0. The summed E-state index contributed by atoms with van der Waals surface area (Å²) in [4.78, 5) is 31.4. The van der Waals surface area contributed by atoms with Crippen molar-refractivity contribution in [3.63, 3.8) is 0 Å². The van der Waals surface area contributed by atoms with Gasteiger partial charge in [-0.05, 0) is 57.1 Å². The first-order chi connectivity index (χ1) is 13.6. The second-order valence-electron chi connectivity index (χ2n) is 8.31. The second kappa shape index (κ2) is 6.85. The Balaban J connectivity index is 1.55. The summed E-state index contributed by atoms with van der Waals surface area (Å²) in [7, 11) is 0. The highest BCUT2D eigenvalue weighted by Crippen LogP contribution is 2.43. The second-order valence-corrected chi connectivity index (χ2v) is 8.31. The number of hydrogen-bond acceptors (Lipinski definition) is 4. The molecular weight excluding hydrogens is 354 g/mol. The normalized spacial score (nSPS) is 30.0. The van der Waals surface area contributed by atoms with Crippen molar-refractivity contribution in [1.29, 1.82) is 0 Å². The third kappa shape index (κ3) is 2.78. The Bertz CT molecular complexity index is 998. The van der Waals surface area contributed by atoms with E-state index in [-0.39, 0.29) is 11.7 Å². The van der Waals surface area contributed by atoms with Crippen molar-refractivity contribution in [1.82, 2.24) is 14.5 Å². The Labute approximate surface area is 163 Å². The van der Waals surface area contributed by atoms with Crippen molar-refractivity contribution in [3.05, 3.63) is 52.5 Å². The number of allylic oxidation sites excluding steroid dienone is 1. The maximum absolute atomic E-state index is 13.0. The zero-order valence-electron chi connectivity index (χ0n) is 15.8. The van der Waals surface area contributed by atoms with E-state index in [1.54, 1.807) is 10.6 Å². The van der Waals surface area contributed by atoms with Crippen molar-refractivity contribution in [2.45, 2.75) is 69.1 Å². The van der Waals surface area contributed by atoms with E-state index < -0.39 is 11.5 Å². The van der Waals surface area contributed by atoms with Crippen molar-refractivity contribution in [2.75, 3.05) is 0 Å². The quantitative estimate of drug-likeness (QED) is 0.828. The van der Waals surface area contributed by atoms with Crippen LogP contribution >= 0.6 is 0 Å². The SMILES string of the molecule is O=C(O)c1nc2ccccc2n([C@H]2C[C@H]3CC[C@@H](C2)N3C2C=CCCC2)c1=O. The third-order valence-electron chi connectivity index (χ3n) is 6.74. The smallest absolute Gasteiger partial charge is 0.360 e. The zero-order valence-corrected chi connectivity index (χ0v) is 15.8. The molecule has 0 spiro atoms. The molecule has 2 fully saturated rings. The maximum atomic E-state index is 13.0. The molecule has 1 aromatic heterocycles. The minimum atomic E-state index is -1.25. The number of piperidine rings is 1. The van der Waals surface area contributed by atoms with E-state index in [0.717, 1.165) is 31.2 Å². The molecule has 2 aromatic rings. The number of aromatic carboxylic acids is 1. The summed E-state index contributed by atoms with van der Waals surface area (Å²) in [5, 5.41) is 9.48. The van der Waals surface area contributed by atoms with Gasteiger partial charge in [0.25, 0.3) is 5.56 Å². The van der Waals surface area contributed by atoms with E-state index in [1.807, 2.05) is 18.2 Å². The molecule has 3 aliphatic rings. The van der Waals surface area contributed by atoms with Gasteiger partial charge in [-0.3, -0.25) is 9.69 Å². The van der Waals surface area contributed by atoms with Gasteiger partial charge in [0.2, 0.25) is 5.69 Å². The topological polar surface area (TPSA) is 75.4 Å². The van der Waals surface area contributed by atoms with E-state index in [9.17, 15) is 14.7 Å². The fourth-order valence-corrected chi connectivity index (χ4v) is 5.64. The predicted octanol–water partition coefficient (Wildman–Crippen LogP) is 3.37. The molecule has 3 heterocycles. The fraction of sp³-hybridized carbons (Fsp3) is 0.500. The van der Waals surface area contributed by atoms with Gasteiger partial charge in [-0.15, -0.1) is 0 Å². The summed E-state index contributed by atoms with van der Waals surface area (Å²) in [5.74, 6) is -1.25. The third-order valence-corrected chi connectivity index (χ3v) is 6.74. The van der Waals surface area contributed by atoms with Crippen LogP contribution in [0.15, 0.2) is 41.2 Å². The van der Waals surface area contributed by atoms with Crippen molar-refractivity contribution < 1.29 is 9.90 Å². The number of carboxylic acid groups (broad SMARTS) is 1. The van der Waals surface area contributed by atoms with E-state index in [1.165, 1.54) is 19.3 Å². The molecule has 1 aromatic carbocycles. The molecule has 0 radical (unpaired) electrons. The maximum Gasteiger partial charge on any atom is 0.360 e. The van der Waals surface area contributed by atoms with Crippen LogP contribution in [0.3, 0.4) is 0 Å². The van der Waals surface area contributed by atoms with Gasteiger partial charge in [-0.2, -0.15) is 0 Å². The molecule has 0 saturated carbocycles. The van der Waals surface area contributed by atoms with E-state index >= 15 is 0 Å². The molecule has 28 heavy (non-hydrogen) atoms. The van der Waals surface area contributed by atoms with Crippen molar-refractivity contribution in [2.24, 2.45) is 0 Å². The van der Waals surface area contributed by atoms with Gasteiger partial charge >= 0.3 is 5.97 Å². The minimum Gasteiger partial charge on any atom is -0.476 e. The minimum absolute atomic E-state index is 0.0276. The van der Waals surface area contributed by atoms with Crippen LogP contribution in [0, 0.1) is 0 Å². The van der Waals surface area contributed by atoms with E-state index in [2.05, 4.69) is 22.0 Å². The number of nitrogens with zero attached hydrogens (tertiary/aromatic N) is 3. The number of aromatic nitrogens is 2. The van der Waals surface area contributed by atoms with Gasteiger partial charge in [0.05, 0.1) is 11.0 Å². The molecule has 6 nitrogen and oxygen atoms in total. The Morgan fingerprint density at radius 3 is 2.50 bits per heavy atom. The summed E-state index contributed by atoms with van der Waals surface area (Å²) in [6.45, 7) is 0. The summed E-state index contributed by atoms with van der Waals surface area (Å²) in [6, 6.07) is 8.86. The highest BCUT2D eigenvalue weighted by Gasteiger charge is 2.44. The number of rotatable bonds is 3. The molecule has 1 aliphatic carbocycles. The molecule has 2 saturated heterocycles. The number of benzene rings is 1. The summed E-state index contributed by atoms with van der Waals surface area (Å²) < 4.78 is 1.73. The van der Waals surface area contributed by atoms with Crippen LogP contribution in [0.25, 0.3) is 11.0 Å². The Morgan fingerprint density at radius 2 is 1.82 bits per heavy atom. The molecule has 6 heteroatoms. The fourth-order valence-electron chi connectivity index (χ4n) is 5.64. The number of carbonyl (C=O) groups is 1. The van der Waals surface area contributed by atoms with E-state index in [0.29, 0.717) is 23.6 Å². The largest absolute Gasteiger partial charge is 0.476 e. The van der Waals surface area contributed by atoms with Crippen LogP contribution in [0.1, 0.15) is 61.5 Å². The van der Waals surface area contributed by atoms with Gasteiger partial charge in [-0.25, -0.2) is 9.78 Å². The molecule has 1 N–H and O–H groups in total. The Morgan fingerprint density at radius 1 is 1.07 bits per heavy atom. The monoisotopic (exact) mass is 379 g/mol. The number of para-hydroxylation sites is 2. The van der Waals surface area contributed by atoms with Crippen LogP contribution < -0.4 is 5.56 Å². The molecule has 4 atom stereocenters. The molecule has 2 aliphatic heterocycles. The zero-order chi connectivity index (χ0) is 19.3. The average Bonchev–Trinajstić information content (AvgIpc) is 2.98. The Kier molecular flexibility index (Phi) is 4.31. The number of carboxylic acids is 1.